The van der Waals surface area contributed by atoms with E-state index < -0.39 is 33.6 Å². The normalized spacial score (nSPS) is 25.3. The van der Waals surface area contributed by atoms with Crippen LogP contribution in [0.15, 0.2) is 18.3 Å². The summed E-state index contributed by atoms with van der Waals surface area (Å²) in [6.07, 6.45) is -0.659. The summed E-state index contributed by atoms with van der Waals surface area (Å²) >= 11 is 0. The van der Waals surface area contributed by atoms with Crippen LogP contribution in [0.2, 0.25) is 0 Å². The fourth-order valence-electron chi connectivity index (χ4n) is 3.12. The van der Waals surface area contributed by atoms with Gasteiger partial charge in [-0.2, -0.15) is 17.5 Å². The number of halogens is 4. The molecular weight excluding hydrogens is 424 g/mol. The Morgan fingerprint density at radius 3 is 2.66 bits per heavy atom. The summed E-state index contributed by atoms with van der Waals surface area (Å²) in [6, 6.07) is 2.79. The summed E-state index contributed by atoms with van der Waals surface area (Å²) in [7, 11) is -3.23. The van der Waals surface area contributed by atoms with Crippen molar-refractivity contribution in [2.45, 2.75) is 37.1 Å². The van der Waals surface area contributed by atoms with Crippen molar-refractivity contribution in [3.8, 4) is 5.88 Å². The van der Waals surface area contributed by atoms with E-state index in [1.54, 1.807) is 0 Å². The number of nitrogens with zero attached hydrogens (tertiary/aromatic N) is 2. The number of piperidine rings is 1. The molecule has 1 aromatic heterocycles. The predicted octanol–water partition coefficient (Wildman–Crippen LogP) is 1.82. The Balaban J connectivity index is 0.000000370. The Morgan fingerprint density at radius 1 is 1.45 bits per heavy atom. The average molecular weight is 444 g/mol. The van der Waals surface area contributed by atoms with Crippen molar-refractivity contribution in [1.29, 1.82) is 0 Å². The second kappa shape index (κ2) is 8.79. The van der Waals surface area contributed by atoms with Gasteiger partial charge in [0.2, 0.25) is 10.0 Å². The summed E-state index contributed by atoms with van der Waals surface area (Å²) in [6.45, 7) is 1.16. The van der Waals surface area contributed by atoms with Crippen LogP contribution in [0.1, 0.15) is 19.3 Å². The van der Waals surface area contributed by atoms with Crippen molar-refractivity contribution in [3.63, 3.8) is 0 Å². The zero-order chi connectivity index (χ0) is 21.9. The summed E-state index contributed by atoms with van der Waals surface area (Å²) in [5.41, 5.74) is -0.531. The zero-order valence-electron chi connectivity index (χ0n) is 15.4. The number of hydrogen-bond acceptors (Lipinski definition) is 6. The van der Waals surface area contributed by atoms with Crippen molar-refractivity contribution < 1.29 is 45.4 Å². The molecule has 1 spiro atoms. The van der Waals surface area contributed by atoms with Crippen molar-refractivity contribution in [1.82, 2.24) is 9.29 Å². The highest BCUT2D eigenvalue weighted by Crippen LogP contribution is 2.36. The van der Waals surface area contributed by atoms with Crippen LogP contribution < -0.4 is 4.74 Å². The molecule has 0 bridgehead atoms. The fourth-order valence-corrected chi connectivity index (χ4v) is 4.05. The maximum absolute atomic E-state index is 13.6. The van der Waals surface area contributed by atoms with E-state index in [4.69, 9.17) is 19.4 Å². The Morgan fingerprint density at radius 2 is 2.10 bits per heavy atom. The standard InChI is InChI=1S/C14H19FN2O4S.C2HF3O2/c1-22(18,19)17-7-3-5-14(10-17)8-11(9-20-14)21-13-12(15)4-2-6-16-13;3-2(4,5)1(6)7/h2,4,6,11H,3,5,7-10H2,1H3;(H,6,7)/t11-,14+;/m1./s1. The third kappa shape index (κ3) is 6.51. The quantitative estimate of drug-likeness (QED) is 0.709. The highest BCUT2D eigenvalue weighted by Gasteiger charge is 2.46. The number of aliphatic carboxylic acids is 1. The largest absolute Gasteiger partial charge is 0.490 e. The number of carboxylic acids is 1. The Hall–Kier alpha value is -1.99. The van der Waals surface area contributed by atoms with Crippen molar-refractivity contribution in [2.24, 2.45) is 0 Å². The minimum absolute atomic E-state index is 0.0380. The van der Waals surface area contributed by atoms with Gasteiger partial charge in [0.15, 0.2) is 5.82 Å². The zero-order valence-corrected chi connectivity index (χ0v) is 16.2. The predicted molar refractivity (Wildman–Crippen MR) is 91.3 cm³/mol. The Kier molecular flexibility index (Phi) is 7.06. The number of alkyl halides is 3. The lowest BCUT2D eigenvalue weighted by molar-refractivity contribution is -0.192. The van der Waals surface area contributed by atoms with Gasteiger partial charge in [0.05, 0.1) is 18.5 Å². The maximum Gasteiger partial charge on any atom is 0.490 e. The molecule has 8 nitrogen and oxygen atoms in total. The first kappa shape index (κ1) is 23.3. The molecule has 0 aromatic carbocycles. The van der Waals surface area contributed by atoms with E-state index in [0.29, 0.717) is 26.1 Å². The summed E-state index contributed by atoms with van der Waals surface area (Å²) in [4.78, 5) is 12.8. The van der Waals surface area contributed by atoms with Gasteiger partial charge in [-0.3, -0.25) is 0 Å². The molecule has 0 aliphatic carbocycles. The van der Waals surface area contributed by atoms with E-state index in [1.807, 2.05) is 0 Å². The van der Waals surface area contributed by atoms with Gasteiger partial charge >= 0.3 is 12.1 Å². The molecule has 0 unspecified atom stereocenters. The second-order valence-corrected chi connectivity index (χ2v) is 8.71. The van der Waals surface area contributed by atoms with Crippen LogP contribution >= 0.6 is 0 Å². The third-order valence-corrected chi connectivity index (χ3v) is 5.64. The van der Waals surface area contributed by atoms with Gasteiger partial charge in [-0.1, -0.05) is 0 Å². The molecule has 3 rings (SSSR count). The molecule has 2 saturated heterocycles. The highest BCUT2D eigenvalue weighted by molar-refractivity contribution is 7.88. The molecule has 29 heavy (non-hydrogen) atoms. The van der Waals surface area contributed by atoms with Crippen LogP contribution in [0, 0.1) is 5.82 Å². The SMILES string of the molecule is CS(=O)(=O)N1CCC[C@]2(C[C@@H](Oc3ncccc3F)CO2)C1.O=C(O)C(F)(F)F. The third-order valence-electron chi connectivity index (χ3n) is 4.39. The molecule has 164 valence electrons. The number of aromatic nitrogens is 1. The fraction of sp³-hybridized carbons (Fsp3) is 0.625. The van der Waals surface area contributed by atoms with E-state index >= 15 is 0 Å². The van der Waals surface area contributed by atoms with E-state index in [2.05, 4.69) is 4.98 Å². The number of rotatable bonds is 3. The monoisotopic (exact) mass is 444 g/mol. The van der Waals surface area contributed by atoms with Gasteiger partial charge in [0.25, 0.3) is 5.88 Å². The number of carboxylic acid groups (broad SMARTS) is 1. The van der Waals surface area contributed by atoms with Gasteiger partial charge in [-0.15, -0.1) is 0 Å². The van der Waals surface area contributed by atoms with Crippen LogP contribution in [-0.4, -0.2) is 72.6 Å². The first-order valence-corrected chi connectivity index (χ1v) is 10.3. The lowest BCUT2D eigenvalue weighted by Gasteiger charge is -2.38. The Labute approximate surface area is 164 Å². The topological polar surface area (TPSA) is 106 Å². The van der Waals surface area contributed by atoms with E-state index in [0.717, 1.165) is 12.8 Å². The minimum Gasteiger partial charge on any atom is -0.475 e. The summed E-state index contributed by atoms with van der Waals surface area (Å²) in [5, 5.41) is 7.12. The summed E-state index contributed by atoms with van der Waals surface area (Å²) in [5.74, 6) is -3.30. The second-order valence-electron chi connectivity index (χ2n) is 6.73. The molecular formula is C16H20F4N2O6S. The molecule has 2 atom stereocenters. The first-order valence-electron chi connectivity index (χ1n) is 8.49. The molecule has 0 amide bonds. The highest BCUT2D eigenvalue weighted by atomic mass is 32.2. The van der Waals surface area contributed by atoms with Gasteiger partial charge in [-0.05, 0) is 25.0 Å². The molecule has 1 aromatic rings. The molecule has 0 saturated carbocycles. The Bertz CT molecular complexity index is 835. The first-order chi connectivity index (χ1) is 13.3. The van der Waals surface area contributed by atoms with Crippen LogP contribution in [0.5, 0.6) is 5.88 Å². The minimum atomic E-state index is -5.08. The molecule has 13 heteroatoms. The lowest BCUT2D eigenvalue weighted by atomic mass is 9.90. The number of hydrogen-bond donors (Lipinski definition) is 1. The number of carbonyl (C=O) groups is 1. The molecule has 3 heterocycles. The van der Waals surface area contributed by atoms with Gasteiger partial charge < -0.3 is 14.6 Å². The van der Waals surface area contributed by atoms with E-state index in [1.165, 1.54) is 28.9 Å². The number of ether oxygens (including phenoxy) is 2. The van der Waals surface area contributed by atoms with E-state index in [9.17, 15) is 26.0 Å². The lowest BCUT2D eigenvalue weighted by Crippen LogP contribution is -2.49. The molecule has 2 fully saturated rings. The van der Waals surface area contributed by atoms with Gasteiger partial charge in [-0.25, -0.2) is 22.6 Å². The smallest absolute Gasteiger partial charge is 0.475 e. The van der Waals surface area contributed by atoms with Gasteiger partial charge in [0, 0.05) is 25.7 Å². The summed E-state index contributed by atoms with van der Waals surface area (Å²) < 4.78 is 81.6. The molecule has 2 aliphatic heterocycles. The van der Waals surface area contributed by atoms with Crippen LogP contribution in [0.3, 0.4) is 0 Å². The molecule has 0 radical (unpaired) electrons. The molecule has 1 N–H and O–H groups in total. The van der Waals surface area contributed by atoms with Crippen LogP contribution in [0.25, 0.3) is 0 Å². The van der Waals surface area contributed by atoms with E-state index in [-0.39, 0.29) is 12.0 Å². The van der Waals surface area contributed by atoms with Gasteiger partial charge in [0.1, 0.15) is 6.10 Å². The van der Waals surface area contributed by atoms with Crippen molar-refractivity contribution in [3.05, 3.63) is 24.1 Å². The van der Waals surface area contributed by atoms with Crippen LogP contribution in [-0.2, 0) is 19.6 Å². The molecule has 2 aliphatic rings. The number of pyridine rings is 1. The average Bonchev–Trinajstić information content (AvgIpc) is 2.98. The van der Waals surface area contributed by atoms with Crippen molar-refractivity contribution >= 4 is 16.0 Å². The number of sulfonamides is 1. The maximum atomic E-state index is 13.6. The van der Waals surface area contributed by atoms with Crippen LogP contribution in [0.4, 0.5) is 17.6 Å². The van der Waals surface area contributed by atoms with Crippen molar-refractivity contribution in [2.75, 3.05) is 26.0 Å².